The Hall–Kier alpha value is -3.53. The normalized spacial score (nSPS) is 11.0. The number of carbonyl (C=O) groups is 1. The van der Waals surface area contributed by atoms with Gasteiger partial charge in [-0.1, -0.05) is 62.2 Å². The predicted molar refractivity (Wildman–Crippen MR) is 125 cm³/mol. The summed E-state index contributed by atoms with van der Waals surface area (Å²) in [5, 5.41) is 0. The van der Waals surface area contributed by atoms with Crippen LogP contribution in [0.4, 0.5) is 11.4 Å². The summed E-state index contributed by atoms with van der Waals surface area (Å²) in [6, 6.07) is 20.5. The lowest BCUT2D eigenvalue weighted by molar-refractivity contribution is 0.104. The molecule has 0 aromatic heterocycles. The van der Waals surface area contributed by atoms with Crippen molar-refractivity contribution in [2.45, 2.75) is 32.6 Å². The highest BCUT2D eigenvalue weighted by Crippen LogP contribution is 2.26. The van der Waals surface area contributed by atoms with Crippen molar-refractivity contribution < 1.29 is 9.53 Å². The van der Waals surface area contributed by atoms with Gasteiger partial charge in [-0.05, 0) is 48.2 Å². The van der Waals surface area contributed by atoms with Gasteiger partial charge >= 0.3 is 0 Å². The fourth-order valence-electron chi connectivity index (χ4n) is 3.17. The molecule has 0 aliphatic carbocycles. The fraction of sp³-hybridized carbons (Fsp3) is 0.192. The molecular weight excluding hydrogens is 372 g/mol. The van der Waals surface area contributed by atoms with Gasteiger partial charge < -0.3 is 16.2 Å². The smallest absolute Gasteiger partial charge is 0.185 e. The maximum Gasteiger partial charge on any atom is 0.185 e. The molecule has 3 aromatic rings. The molecular formula is C26H28N2O2. The van der Waals surface area contributed by atoms with E-state index in [0.717, 1.165) is 12.0 Å². The molecule has 0 bridgehead atoms. The van der Waals surface area contributed by atoms with Gasteiger partial charge in [0, 0.05) is 29.1 Å². The maximum absolute atomic E-state index is 12.4. The Bertz CT molecular complexity index is 986. The summed E-state index contributed by atoms with van der Waals surface area (Å²) in [6.45, 7) is 2.20. The molecule has 0 spiro atoms. The maximum atomic E-state index is 12.4. The molecule has 0 aliphatic heterocycles. The van der Waals surface area contributed by atoms with Crippen LogP contribution in [-0.2, 0) is 6.42 Å². The minimum atomic E-state index is -0.00864. The molecule has 3 aromatic carbocycles. The molecule has 0 amide bonds. The van der Waals surface area contributed by atoms with Crippen LogP contribution in [0.5, 0.6) is 11.5 Å². The number of anilines is 2. The number of nitrogens with two attached hydrogens (primary N) is 2. The Kier molecular flexibility index (Phi) is 7.28. The van der Waals surface area contributed by atoms with Crippen molar-refractivity contribution in [1.29, 1.82) is 0 Å². The first-order valence-corrected chi connectivity index (χ1v) is 10.3. The minimum Gasteiger partial charge on any atom is -0.457 e. The van der Waals surface area contributed by atoms with Gasteiger partial charge in [0.2, 0.25) is 0 Å². The molecule has 0 atom stereocenters. The number of hydrogen-bond acceptors (Lipinski definition) is 4. The Morgan fingerprint density at radius 1 is 0.867 bits per heavy atom. The van der Waals surface area contributed by atoms with E-state index < -0.39 is 0 Å². The van der Waals surface area contributed by atoms with Crippen LogP contribution >= 0.6 is 0 Å². The summed E-state index contributed by atoms with van der Waals surface area (Å²) in [5.41, 5.74) is 15.6. The van der Waals surface area contributed by atoms with E-state index in [2.05, 4.69) is 6.92 Å². The number of unbranched alkanes of at least 4 members (excludes halogenated alkanes) is 2. The van der Waals surface area contributed by atoms with Gasteiger partial charge in [0.25, 0.3) is 0 Å². The van der Waals surface area contributed by atoms with Gasteiger partial charge in [-0.3, -0.25) is 4.79 Å². The molecule has 0 heterocycles. The van der Waals surface area contributed by atoms with Gasteiger partial charge in [0.15, 0.2) is 5.78 Å². The van der Waals surface area contributed by atoms with Gasteiger partial charge in [-0.25, -0.2) is 0 Å². The number of hydrogen-bond donors (Lipinski definition) is 2. The molecule has 0 radical (unpaired) electrons. The summed E-state index contributed by atoms with van der Waals surface area (Å²) >= 11 is 0. The van der Waals surface area contributed by atoms with Crippen molar-refractivity contribution in [3.8, 4) is 11.5 Å². The Balaban J connectivity index is 1.58. The van der Waals surface area contributed by atoms with Crippen LogP contribution in [0.1, 0.15) is 47.7 Å². The van der Waals surface area contributed by atoms with Gasteiger partial charge in [-0.2, -0.15) is 0 Å². The lowest BCUT2D eigenvalue weighted by atomic mass is 10.0. The number of allylic oxidation sites excluding steroid dienone is 1. The highest BCUT2D eigenvalue weighted by Gasteiger charge is 2.03. The largest absolute Gasteiger partial charge is 0.457 e. The van der Waals surface area contributed by atoms with Crippen LogP contribution in [0.3, 0.4) is 0 Å². The van der Waals surface area contributed by atoms with Crippen LogP contribution in [0, 0.1) is 0 Å². The number of nitrogen functional groups attached to an aromatic ring is 2. The van der Waals surface area contributed by atoms with E-state index in [4.69, 9.17) is 16.2 Å². The van der Waals surface area contributed by atoms with Crippen molar-refractivity contribution in [2.24, 2.45) is 0 Å². The molecule has 0 aliphatic rings. The number of aryl methyl sites for hydroxylation is 1. The first kappa shape index (κ1) is 21.2. The zero-order valence-corrected chi connectivity index (χ0v) is 17.3. The van der Waals surface area contributed by atoms with E-state index in [1.165, 1.54) is 24.8 Å². The number of rotatable bonds is 9. The quantitative estimate of drug-likeness (QED) is 0.192. The molecule has 0 saturated carbocycles. The Labute approximate surface area is 178 Å². The van der Waals surface area contributed by atoms with Crippen molar-refractivity contribution in [3.05, 3.63) is 89.5 Å². The Morgan fingerprint density at radius 3 is 2.17 bits per heavy atom. The molecule has 0 unspecified atom stereocenters. The van der Waals surface area contributed by atoms with E-state index in [1.807, 2.05) is 48.5 Å². The summed E-state index contributed by atoms with van der Waals surface area (Å²) in [6.07, 6.45) is 8.11. The van der Waals surface area contributed by atoms with Gasteiger partial charge in [0.05, 0.1) is 0 Å². The predicted octanol–water partition coefficient (Wildman–Crippen LogP) is 6.27. The molecule has 154 valence electrons. The summed E-state index contributed by atoms with van der Waals surface area (Å²) in [4.78, 5) is 12.4. The average molecular weight is 401 g/mol. The molecule has 30 heavy (non-hydrogen) atoms. The van der Waals surface area contributed by atoms with Crippen LogP contribution in [0.25, 0.3) is 6.08 Å². The highest BCUT2D eigenvalue weighted by molar-refractivity contribution is 6.06. The van der Waals surface area contributed by atoms with Crippen molar-refractivity contribution in [1.82, 2.24) is 0 Å². The van der Waals surface area contributed by atoms with Crippen molar-refractivity contribution in [2.75, 3.05) is 11.5 Å². The summed E-state index contributed by atoms with van der Waals surface area (Å²) in [5.74, 6) is 1.25. The standard InChI is InChI=1S/C26H28N2O2/c1-2-3-4-5-19-6-11-21(12-7-19)26(29)15-10-20-8-13-24(14-9-20)30-25-17-22(27)16-23(28)18-25/h6-18H,2-5,27-28H2,1H3/b15-10+. The summed E-state index contributed by atoms with van der Waals surface area (Å²) in [7, 11) is 0. The molecule has 0 saturated heterocycles. The number of benzene rings is 3. The fourth-order valence-corrected chi connectivity index (χ4v) is 3.17. The second-order valence-electron chi connectivity index (χ2n) is 7.36. The first-order chi connectivity index (χ1) is 14.5. The van der Waals surface area contributed by atoms with Crippen molar-refractivity contribution >= 4 is 23.2 Å². The first-order valence-electron chi connectivity index (χ1n) is 10.3. The summed E-state index contributed by atoms with van der Waals surface area (Å²) < 4.78 is 5.79. The van der Waals surface area contributed by atoms with Crippen molar-refractivity contribution in [3.63, 3.8) is 0 Å². The van der Waals surface area contributed by atoms with Gasteiger partial charge in [-0.15, -0.1) is 0 Å². The second kappa shape index (κ2) is 10.3. The number of ketones is 1. The molecule has 4 heteroatoms. The number of carbonyl (C=O) groups excluding carboxylic acids is 1. The number of ether oxygens (including phenoxy) is 1. The molecule has 4 N–H and O–H groups in total. The zero-order valence-electron chi connectivity index (χ0n) is 17.3. The van der Waals surface area contributed by atoms with Crippen LogP contribution in [0.15, 0.2) is 72.8 Å². The molecule has 0 fully saturated rings. The van der Waals surface area contributed by atoms with Crippen LogP contribution in [0.2, 0.25) is 0 Å². The third-order valence-corrected chi connectivity index (χ3v) is 4.80. The molecule has 3 rings (SSSR count). The van der Waals surface area contributed by atoms with Gasteiger partial charge in [0.1, 0.15) is 11.5 Å². The van der Waals surface area contributed by atoms with Crippen LogP contribution < -0.4 is 16.2 Å². The van der Waals surface area contributed by atoms with Crippen LogP contribution in [-0.4, -0.2) is 5.78 Å². The zero-order chi connectivity index (χ0) is 21.3. The third-order valence-electron chi connectivity index (χ3n) is 4.80. The third kappa shape index (κ3) is 6.24. The average Bonchev–Trinajstić information content (AvgIpc) is 2.73. The lowest BCUT2D eigenvalue weighted by Crippen LogP contribution is -1.95. The van der Waals surface area contributed by atoms with E-state index >= 15 is 0 Å². The van der Waals surface area contributed by atoms with E-state index in [1.54, 1.807) is 30.4 Å². The van der Waals surface area contributed by atoms with E-state index in [0.29, 0.717) is 28.4 Å². The topological polar surface area (TPSA) is 78.3 Å². The van der Waals surface area contributed by atoms with E-state index in [9.17, 15) is 4.79 Å². The monoisotopic (exact) mass is 400 g/mol. The molecule has 4 nitrogen and oxygen atoms in total. The lowest BCUT2D eigenvalue weighted by Gasteiger charge is -2.08. The SMILES string of the molecule is CCCCCc1ccc(C(=O)/C=C/c2ccc(Oc3cc(N)cc(N)c3)cc2)cc1. The second-order valence-corrected chi connectivity index (χ2v) is 7.36. The highest BCUT2D eigenvalue weighted by atomic mass is 16.5. The minimum absolute atomic E-state index is 0.00864. The Morgan fingerprint density at radius 2 is 1.53 bits per heavy atom. The van der Waals surface area contributed by atoms with E-state index in [-0.39, 0.29) is 5.78 Å².